The van der Waals surface area contributed by atoms with Crippen LogP contribution in [0.25, 0.3) is 10.2 Å². The van der Waals surface area contributed by atoms with Crippen molar-refractivity contribution in [1.29, 1.82) is 0 Å². The third-order valence-electron chi connectivity index (χ3n) is 5.64. The first kappa shape index (κ1) is 17.6. The van der Waals surface area contributed by atoms with Gasteiger partial charge in [-0.3, -0.25) is 9.36 Å². The minimum Gasteiger partial charge on any atom is -0.287 e. The van der Waals surface area contributed by atoms with Gasteiger partial charge in [0.15, 0.2) is 5.16 Å². The molecule has 2 aliphatic rings. The zero-order chi connectivity index (χ0) is 17.2. The number of thiophene rings is 1. The molecule has 1 fully saturated rings. The van der Waals surface area contributed by atoms with Gasteiger partial charge in [0.1, 0.15) is 4.83 Å². The summed E-state index contributed by atoms with van der Waals surface area (Å²) in [5.41, 5.74) is 1.57. The molecule has 0 spiro atoms. The average Bonchev–Trinajstić information content (AvgIpc) is 3.02. The zero-order valence-electron chi connectivity index (χ0n) is 15.2. The van der Waals surface area contributed by atoms with Crippen molar-refractivity contribution in [3.63, 3.8) is 0 Å². The Morgan fingerprint density at radius 2 is 1.96 bits per heavy atom. The van der Waals surface area contributed by atoms with Crippen LogP contribution < -0.4 is 5.56 Å². The van der Waals surface area contributed by atoms with E-state index < -0.39 is 0 Å². The van der Waals surface area contributed by atoms with Gasteiger partial charge < -0.3 is 0 Å². The summed E-state index contributed by atoms with van der Waals surface area (Å²) in [5.74, 6) is 1.69. The standard InChI is InChI=1S/C20H28N2OS2/c1-2-12-24-20-21-18-17(15-10-6-7-11-16(15)25-18)19(23)22(20)13-14-8-4-3-5-9-14/h14H,2-13H2,1H3. The number of hydrogen-bond acceptors (Lipinski definition) is 4. The number of aryl methyl sites for hydroxylation is 2. The normalized spacial score (nSPS) is 18.6. The van der Waals surface area contributed by atoms with Gasteiger partial charge in [-0.15, -0.1) is 11.3 Å². The maximum Gasteiger partial charge on any atom is 0.263 e. The van der Waals surface area contributed by atoms with E-state index in [-0.39, 0.29) is 5.56 Å². The zero-order valence-corrected chi connectivity index (χ0v) is 16.8. The Morgan fingerprint density at radius 1 is 1.16 bits per heavy atom. The van der Waals surface area contributed by atoms with E-state index in [1.54, 1.807) is 23.1 Å². The molecule has 0 bridgehead atoms. The summed E-state index contributed by atoms with van der Waals surface area (Å²) in [7, 11) is 0. The van der Waals surface area contributed by atoms with Crippen LogP contribution in [0.5, 0.6) is 0 Å². The summed E-state index contributed by atoms with van der Waals surface area (Å²) in [6.07, 6.45) is 12.3. The van der Waals surface area contributed by atoms with Crippen LogP contribution in [0, 0.1) is 5.92 Å². The molecule has 0 aliphatic heterocycles. The highest BCUT2D eigenvalue weighted by molar-refractivity contribution is 7.99. The molecule has 2 aromatic rings. The predicted octanol–water partition coefficient (Wildman–Crippen LogP) is 5.42. The molecule has 25 heavy (non-hydrogen) atoms. The van der Waals surface area contributed by atoms with E-state index in [9.17, 15) is 4.79 Å². The molecule has 2 heterocycles. The van der Waals surface area contributed by atoms with Crippen molar-refractivity contribution in [3.05, 3.63) is 20.8 Å². The quantitative estimate of drug-likeness (QED) is 0.516. The summed E-state index contributed by atoms with van der Waals surface area (Å²) in [6, 6.07) is 0. The smallest absolute Gasteiger partial charge is 0.263 e. The fraction of sp³-hybridized carbons (Fsp3) is 0.700. The molecule has 1 saturated carbocycles. The topological polar surface area (TPSA) is 34.9 Å². The molecule has 2 aliphatic carbocycles. The first-order valence-electron chi connectivity index (χ1n) is 9.95. The molecule has 136 valence electrons. The van der Waals surface area contributed by atoms with Gasteiger partial charge >= 0.3 is 0 Å². The Labute approximate surface area is 158 Å². The van der Waals surface area contributed by atoms with Crippen molar-refractivity contribution in [2.75, 3.05) is 5.75 Å². The van der Waals surface area contributed by atoms with Crippen LogP contribution in [0.2, 0.25) is 0 Å². The summed E-state index contributed by atoms with van der Waals surface area (Å²) in [6.45, 7) is 3.07. The van der Waals surface area contributed by atoms with Crippen LogP contribution in [0.4, 0.5) is 0 Å². The minimum absolute atomic E-state index is 0.244. The molecule has 0 aromatic carbocycles. The highest BCUT2D eigenvalue weighted by atomic mass is 32.2. The maximum atomic E-state index is 13.4. The highest BCUT2D eigenvalue weighted by Crippen LogP contribution is 2.35. The predicted molar refractivity (Wildman–Crippen MR) is 108 cm³/mol. The lowest BCUT2D eigenvalue weighted by molar-refractivity contribution is 0.306. The number of aromatic nitrogens is 2. The van der Waals surface area contributed by atoms with Crippen molar-refractivity contribution < 1.29 is 0 Å². The van der Waals surface area contributed by atoms with E-state index in [2.05, 4.69) is 6.92 Å². The van der Waals surface area contributed by atoms with Crippen molar-refractivity contribution in [2.45, 2.75) is 82.8 Å². The molecular weight excluding hydrogens is 348 g/mol. The van der Waals surface area contributed by atoms with Gasteiger partial charge in [-0.2, -0.15) is 0 Å². The Balaban J connectivity index is 1.79. The van der Waals surface area contributed by atoms with Crippen molar-refractivity contribution >= 4 is 33.3 Å². The lowest BCUT2D eigenvalue weighted by atomic mass is 9.89. The number of rotatable bonds is 5. The molecule has 0 radical (unpaired) electrons. The van der Waals surface area contributed by atoms with Gasteiger partial charge in [0.05, 0.1) is 5.39 Å². The van der Waals surface area contributed by atoms with Gasteiger partial charge in [-0.1, -0.05) is 37.9 Å². The molecule has 5 heteroatoms. The Bertz CT molecular complexity index is 802. The number of hydrogen-bond donors (Lipinski definition) is 0. The molecule has 0 saturated heterocycles. The SMILES string of the molecule is CCCSc1nc2sc3c(c2c(=O)n1CC1CCCCC1)CCCC3. The highest BCUT2D eigenvalue weighted by Gasteiger charge is 2.24. The molecular formula is C20H28N2OS2. The van der Waals surface area contributed by atoms with Crippen molar-refractivity contribution in [1.82, 2.24) is 9.55 Å². The van der Waals surface area contributed by atoms with Crippen molar-refractivity contribution in [2.24, 2.45) is 5.92 Å². The molecule has 0 atom stereocenters. The molecule has 0 unspecified atom stereocenters. The lowest BCUT2D eigenvalue weighted by Crippen LogP contribution is -2.28. The average molecular weight is 377 g/mol. The second kappa shape index (κ2) is 7.83. The van der Waals surface area contributed by atoms with Crippen LogP contribution in [0.3, 0.4) is 0 Å². The third-order valence-corrected chi connectivity index (χ3v) is 8.01. The van der Waals surface area contributed by atoms with E-state index >= 15 is 0 Å². The van der Waals surface area contributed by atoms with Crippen molar-refractivity contribution in [3.8, 4) is 0 Å². The Morgan fingerprint density at radius 3 is 2.76 bits per heavy atom. The van der Waals surface area contributed by atoms with Crippen LogP contribution in [0.15, 0.2) is 9.95 Å². The van der Waals surface area contributed by atoms with Gasteiger partial charge in [-0.05, 0) is 56.4 Å². The van der Waals surface area contributed by atoms with E-state index in [1.165, 1.54) is 55.4 Å². The second-order valence-corrected chi connectivity index (χ2v) is 9.70. The molecule has 0 amide bonds. The van der Waals surface area contributed by atoms with Gasteiger partial charge in [0, 0.05) is 17.2 Å². The fourth-order valence-electron chi connectivity index (χ4n) is 4.31. The number of thioether (sulfide) groups is 1. The van der Waals surface area contributed by atoms with E-state index in [1.807, 2.05) is 4.57 Å². The first-order chi connectivity index (χ1) is 12.3. The van der Waals surface area contributed by atoms with E-state index in [4.69, 9.17) is 4.98 Å². The van der Waals surface area contributed by atoms with Gasteiger partial charge in [0.2, 0.25) is 0 Å². The summed E-state index contributed by atoms with van der Waals surface area (Å²) in [4.78, 5) is 20.8. The minimum atomic E-state index is 0.244. The number of nitrogens with zero attached hydrogens (tertiary/aromatic N) is 2. The van der Waals surface area contributed by atoms with Gasteiger partial charge in [-0.25, -0.2) is 4.98 Å². The molecule has 4 rings (SSSR count). The van der Waals surface area contributed by atoms with E-state index in [0.717, 1.165) is 46.9 Å². The monoisotopic (exact) mass is 376 g/mol. The lowest BCUT2D eigenvalue weighted by Gasteiger charge is -2.23. The van der Waals surface area contributed by atoms with Crippen LogP contribution >= 0.6 is 23.1 Å². The first-order valence-corrected chi connectivity index (χ1v) is 11.8. The summed E-state index contributed by atoms with van der Waals surface area (Å²) < 4.78 is 2.04. The second-order valence-electron chi connectivity index (χ2n) is 7.55. The maximum absolute atomic E-state index is 13.4. The van der Waals surface area contributed by atoms with Gasteiger partial charge in [0.25, 0.3) is 5.56 Å². The van der Waals surface area contributed by atoms with E-state index in [0.29, 0.717) is 5.92 Å². The van der Waals surface area contributed by atoms with Crippen LogP contribution in [-0.2, 0) is 19.4 Å². The summed E-state index contributed by atoms with van der Waals surface area (Å²) in [5, 5.41) is 1.92. The molecule has 0 N–H and O–H groups in total. The third kappa shape index (κ3) is 3.55. The Hall–Kier alpha value is -0.810. The van der Waals surface area contributed by atoms with Crippen LogP contribution in [-0.4, -0.2) is 15.3 Å². The molecule has 2 aromatic heterocycles. The van der Waals surface area contributed by atoms with Crippen LogP contribution in [0.1, 0.15) is 68.7 Å². The largest absolute Gasteiger partial charge is 0.287 e. The molecule has 3 nitrogen and oxygen atoms in total. The number of fused-ring (bicyclic) bond motifs is 3. The Kier molecular flexibility index (Phi) is 5.51. The fourth-order valence-corrected chi connectivity index (χ4v) is 6.48. The summed E-state index contributed by atoms with van der Waals surface area (Å²) >= 11 is 3.55.